The van der Waals surface area contributed by atoms with Gasteiger partial charge in [0.05, 0.1) is 5.56 Å². The summed E-state index contributed by atoms with van der Waals surface area (Å²) in [6, 6.07) is 3.82. The number of likely N-dealkylation sites (N-methyl/N-ethyl adjacent to an activating group) is 1. The Bertz CT molecular complexity index is 1130. The third-order valence-electron chi connectivity index (χ3n) is 7.57. The molecule has 0 saturated carbocycles. The summed E-state index contributed by atoms with van der Waals surface area (Å²) in [7, 11) is 0. The third kappa shape index (κ3) is 6.01. The SMILES string of the molecule is CCCCC1=C(/C(CNC(=O)Nc2sc3c(c2C=O)CCCC3)=C(\C)n2cccc2)CCN(CC)C1. The minimum absolute atomic E-state index is 0.254. The molecule has 2 N–H and O–H groups in total. The van der Waals surface area contributed by atoms with Crippen LogP contribution in [0.3, 0.4) is 0 Å². The molecule has 0 spiro atoms. The van der Waals surface area contributed by atoms with Crippen LogP contribution in [0.25, 0.3) is 5.70 Å². The van der Waals surface area contributed by atoms with Crippen molar-refractivity contribution in [3.63, 3.8) is 0 Å². The fourth-order valence-corrected chi connectivity index (χ4v) is 6.69. The van der Waals surface area contributed by atoms with Gasteiger partial charge < -0.3 is 9.88 Å². The summed E-state index contributed by atoms with van der Waals surface area (Å²) >= 11 is 1.56. The first-order valence-corrected chi connectivity index (χ1v) is 14.3. The molecule has 194 valence electrons. The molecule has 3 heterocycles. The lowest BCUT2D eigenvalue weighted by Gasteiger charge is -2.32. The number of anilines is 1. The van der Waals surface area contributed by atoms with Gasteiger partial charge in [0.15, 0.2) is 6.29 Å². The van der Waals surface area contributed by atoms with Crippen LogP contribution < -0.4 is 10.6 Å². The maximum atomic E-state index is 13.1. The Labute approximate surface area is 219 Å². The van der Waals surface area contributed by atoms with E-state index in [4.69, 9.17) is 0 Å². The van der Waals surface area contributed by atoms with Gasteiger partial charge in [0.25, 0.3) is 0 Å². The first-order chi connectivity index (χ1) is 17.5. The zero-order valence-electron chi connectivity index (χ0n) is 22.0. The highest BCUT2D eigenvalue weighted by molar-refractivity contribution is 7.16. The zero-order valence-corrected chi connectivity index (χ0v) is 22.8. The van der Waals surface area contributed by atoms with Crippen LogP contribution >= 0.6 is 11.3 Å². The van der Waals surface area contributed by atoms with E-state index in [2.05, 4.69) is 53.3 Å². The summed E-state index contributed by atoms with van der Waals surface area (Å²) in [6.07, 6.45) is 13.7. The van der Waals surface area contributed by atoms with E-state index in [9.17, 15) is 9.59 Å². The molecule has 2 amide bonds. The molecule has 2 aliphatic rings. The molecule has 1 aliphatic heterocycles. The number of thiophene rings is 1. The predicted octanol–water partition coefficient (Wildman–Crippen LogP) is 6.51. The van der Waals surface area contributed by atoms with Gasteiger partial charge in [0.2, 0.25) is 0 Å². The number of aldehydes is 1. The van der Waals surface area contributed by atoms with Crippen molar-refractivity contribution in [3.05, 3.63) is 57.2 Å². The van der Waals surface area contributed by atoms with Crippen molar-refractivity contribution in [2.75, 3.05) is 31.5 Å². The normalized spacial score (nSPS) is 17.0. The van der Waals surface area contributed by atoms with Crippen molar-refractivity contribution in [3.8, 4) is 0 Å². The maximum Gasteiger partial charge on any atom is 0.320 e. The number of amides is 2. The molecule has 4 rings (SSSR count). The molecule has 0 fully saturated rings. The number of aryl methyl sites for hydroxylation is 1. The minimum Gasteiger partial charge on any atom is -0.334 e. The second-order valence-corrected chi connectivity index (χ2v) is 10.9. The van der Waals surface area contributed by atoms with Crippen molar-refractivity contribution in [1.82, 2.24) is 14.8 Å². The van der Waals surface area contributed by atoms with Gasteiger partial charge in [-0.1, -0.05) is 25.8 Å². The summed E-state index contributed by atoms with van der Waals surface area (Å²) in [6.45, 7) is 10.2. The highest BCUT2D eigenvalue weighted by Crippen LogP contribution is 2.37. The number of carbonyl (C=O) groups excluding carboxylic acids is 2. The van der Waals surface area contributed by atoms with Crippen molar-refractivity contribution in [2.45, 2.75) is 72.1 Å². The summed E-state index contributed by atoms with van der Waals surface area (Å²) < 4.78 is 2.14. The van der Waals surface area contributed by atoms with Crippen LogP contribution in [0.15, 0.2) is 41.2 Å². The quantitative estimate of drug-likeness (QED) is 0.360. The number of allylic oxidation sites excluding steroid dienone is 1. The Kier molecular flexibility index (Phi) is 9.21. The topological polar surface area (TPSA) is 66.4 Å². The molecular weight excluding hydrogens is 468 g/mol. The van der Waals surface area contributed by atoms with E-state index in [0.29, 0.717) is 17.1 Å². The van der Waals surface area contributed by atoms with Crippen LogP contribution in [-0.4, -0.2) is 48.0 Å². The number of urea groups is 1. The molecular formula is C29H40N4O2S. The van der Waals surface area contributed by atoms with E-state index < -0.39 is 0 Å². The predicted molar refractivity (Wildman–Crippen MR) is 150 cm³/mol. The Morgan fingerprint density at radius 3 is 2.64 bits per heavy atom. The Morgan fingerprint density at radius 1 is 1.14 bits per heavy atom. The lowest BCUT2D eigenvalue weighted by atomic mass is 9.89. The van der Waals surface area contributed by atoms with Gasteiger partial charge in [-0.3, -0.25) is 15.0 Å². The van der Waals surface area contributed by atoms with Crippen molar-refractivity contribution in [1.29, 1.82) is 0 Å². The molecule has 7 heteroatoms. The fraction of sp³-hybridized carbons (Fsp3) is 0.517. The summed E-state index contributed by atoms with van der Waals surface area (Å²) in [5.74, 6) is 0. The molecule has 6 nitrogen and oxygen atoms in total. The average molecular weight is 509 g/mol. The van der Waals surface area contributed by atoms with Crippen LogP contribution in [0.1, 0.15) is 80.1 Å². The minimum atomic E-state index is -0.254. The zero-order chi connectivity index (χ0) is 25.5. The van der Waals surface area contributed by atoms with E-state index in [0.717, 1.165) is 75.7 Å². The summed E-state index contributed by atoms with van der Waals surface area (Å²) in [4.78, 5) is 28.6. The Hall–Kier alpha value is -2.64. The van der Waals surface area contributed by atoms with Crippen LogP contribution in [0.2, 0.25) is 0 Å². The number of hydrogen-bond donors (Lipinski definition) is 2. The van der Waals surface area contributed by atoms with Gasteiger partial charge in [-0.15, -0.1) is 11.3 Å². The molecule has 0 aromatic carbocycles. The summed E-state index contributed by atoms with van der Waals surface area (Å²) in [5.41, 5.74) is 7.05. The number of carbonyl (C=O) groups is 2. The maximum absolute atomic E-state index is 13.1. The van der Waals surface area contributed by atoms with Crippen LogP contribution in [-0.2, 0) is 12.8 Å². The van der Waals surface area contributed by atoms with Gasteiger partial charge in [0, 0.05) is 42.6 Å². The van der Waals surface area contributed by atoms with E-state index >= 15 is 0 Å². The van der Waals surface area contributed by atoms with Gasteiger partial charge in [-0.05, 0) is 87.3 Å². The number of aromatic nitrogens is 1. The van der Waals surface area contributed by atoms with Crippen LogP contribution in [0.5, 0.6) is 0 Å². The standard InChI is InChI=1S/C29H40N4O2S/c1-4-6-11-22-19-32(5-2)17-14-23(22)25(21(3)33-15-9-10-16-33)18-30-29(35)31-28-26(20-34)24-12-7-8-13-27(24)36-28/h9-10,15-16,20H,4-8,11-14,17-19H2,1-3H3,(H2,30,31,35)/b25-21+. The van der Waals surface area contributed by atoms with Crippen molar-refractivity contribution >= 4 is 34.4 Å². The van der Waals surface area contributed by atoms with E-state index in [1.165, 1.54) is 34.4 Å². The van der Waals surface area contributed by atoms with Crippen LogP contribution in [0, 0.1) is 0 Å². The molecule has 0 atom stereocenters. The van der Waals surface area contributed by atoms with E-state index in [1.54, 1.807) is 11.3 Å². The molecule has 1 aliphatic carbocycles. The monoisotopic (exact) mass is 508 g/mol. The molecule has 2 aromatic rings. The number of nitrogens with zero attached hydrogens (tertiary/aromatic N) is 2. The van der Waals surface area contributed by atoms with Gasteiger partial charge >= 0.3 is 6.03 Å². The van der Waals surface area contributed by atoms with Gasteiger partial charge in [-0.25, -0.2) is 4.79 Å². The second kappa shape index (κ2) is 12.5. The molecule has 36 heavy (non-hydrogen) atoms. The fourth-order valence-electron chi connectivity index (χ4n) is 5.44. The first-order valence-electron chi connectivity index (χ1n) is 13.5. The highest BCUT2D eigenvalue weighted by Gasteiger charge is 2.24. The summed E-state index contributed by atoms with van der Waals surface area (Å²) in [5, 5.41) is 6.80. The van der Waals surface area contributed by atoms with Gasteiger partial charge in [0.1, 0.15) is 5.00 Å². The lowest BCUT2D eigenvalue weighted by molar-refractivity contribution is 0.112. The van der Waals surface area contributed by atoms with Crippen molar-refractivity contribution < 1.29 is 9.59 Å². The number of fused-ring (bicyclic) bond motifs is 1. The lowest BCUT2D eigenvalue weighted by Crippen LogP contribution is -2.35. The highest BCUT2D eigenvalue weighted by atomic mass is 32.1. The van der Waals surface area contributed by atoms with Crippen molar-refractivity contribution in [2.24, 2.45) is 0 Å². The molecule has 2 aromatic heterocycles. The largest absolute Gasteiger partial charge is 0.334 e. The average Bonchev–Trinajstić information content (AvgIpc) is 3.55. The number of nitrogens with one attached hydrogen (secondary N) is 2. The molecule has 0 bridgehead atoms. The van der Waals surface area contributed by atoms with Crippen LogP contribution in [0.4, 0.5) is 9.80 Å². The number of unbranched alkanes of at least 4 members (excludes halogenated alkanes) is 1. The Balaban J connectivity index is 1.57. The second-order valence-electron chi connectivity index (χ2n) is 9.84. The number of hydrogen-bond acceptors (Lipinski definition) is 4. The Morgan fingerprint density at radius 2 is 1.92 bits per heavy atom. The molecule has 0 unspecified atom stereocenters. The smallest absolute Gasteiger partial charge is 0.320 e. The molecule has 0 saturated heterocycles. The number of rotatable bonds is 10. The van der Waals surface area contributed by atoms with E-state index in [1.807, 2.05) is 12.1 Å². The first kappa shape index (κ1) is 26.4. The van der Waals surface area contributed by atoms with E-state index in [-0.39, 0.29) is 6.03 Å². The third-order valence-corrected chi connectivity index (χ3v) is 8.80. The molecule has 0 radical (unpaired) electrons. The van der Waals surface area contributed by atoms with Gasteiger partial charge in [-0.2, -0.15) is 0 Å².